The van der Waals surface area contributed by atoms with Crippen LogP contribution < -0.4 is 15.5 Å². The largest absolute Gasteiger partial charge is 0.505 e. The fourth-order valence-electron chi connectivity index (χ4n) is 4.98. The Morgan fingerprint density at radius 3 is 2.21 bits per heavy atom. The number of fused-ring (bicyclic) bond motifs is 1. The predicted octanol–water partition coefficient (Wildman–Crippen LogP) is 4.88. The molecule has 1 aromatic heterocycles. The Morgan fingerprint density at radius 2 is 1.63 bits per heavy atom. The summed E-state index contributed by atoms with van der Waals surface area (Å²) < 4.78 is 0. The number of aromatic nitrogens is 3. The number of nitrogens with one attached hydrogen (secondary N) is 2. The first-order chi connectivity index (χ1) is 20.7. The van der Waals surface area contributed by atoms with Gasteiger partial charge in [0.25, 0.3) is 11.8 Å². The van der Waals surface area contributed by atoms with E-state index in [1.807, 2.05) is 74.3 Å². The van der Waals surface area contributed by atoms with Gasteiger partial charge < -0.3 is 10.0 Å². The van der Waals surface area contributed by atoms with Crippen molar-refractivity contribution >= 4 is 40.1 Å². The Bertz CT molecular complexity index is 1810. The van der Waals surface area contributed by atoms with Crippen LogP contribution in [0.3, 0.4) is 0 Å². The molecule has 2 heterocycles. The van der Waals surface area contributed by atoms with E-state index < -0.39 is 17.8 Å². The number of phenols is 1. The standard InChI is InChI=1S/C33H30N6O4/c1-5-9-21(10-6-2)28(29-31(41)34-33(43)35-32(29)42)22-13-15-24(16-14-22)38(4)19-23-17-20(3)18-27(30(23)40)39-36-25-11-7-8-12-26(25)37-39/h5-18,40H,1,19H2,2-4H3,(H2,34,35,41,42,43)/b10-6-,21-9+. The molecule has 0 aliphatic carbocycles. The quantitative estimate of drug-likeness (QED) is 0.155. The zero-order valence-electron chi connectivity index (χ0n) is 24.0. The van der Waals surface area contributed by atoms with Crippen molar-refractivity contribution in [1.82, 2.24) is 25.6 Å². The van der Waals surface area contributed by atoms with Crippen molar-refractivity contribution in [2.24, 2.45) is 0 Å². The van der Waals surface area contributed by atoms with Gasteiger partial charge in [-0.1, -0.05) is 61.2 Å². The fraction of sp³-hybridized carbons (Fsp3) is 0.121. The number of rotatable bonds is 8. The Balaban J connectivity index is 1.48. The van der Waals surface area contributed by atoms with Crippen molar-refractivity contribution in [3.05, 3.63) is 119 Å². The van der Waals surface area contributed by atoms with Gasteiger partial charge in [-0.15, -0.1) is 15.0 Å². The summed E-state index contributed by atoms with van der Waals surface area (Å²) in [6.07, 6.45) is 6.79. The molecule has 10 nitrogen and oxygen atoms in total. The Hall–Kier alpha value is -5.77. The van der Waals surface area contributed by atoms with Crippen molar-refractivity contribution in [2.75, 3.05) is 11.9 Å². The number of anilines is 1. The van der Waals surface area contributed by atoms with Gasteiger partial charge in [0.1, 0.15) is 28.0 Å². The molecule has 4 amide bonds. The maximum absolute atomic E-state index is 12.8. The van der Waals surface area contributed by atoms with Crippen molar-refractivity contribution in [3.63, 3.8) is 0 Å². The highest BCUT2D eigenvalue weighted by Gasteiger charge is 2.32. The number of phenolic OH excluding ortho intramolecular Hbond substituents is 1. The number of hydrogen-bond acceptors (Lipinski definition) is 7. The highest BCUT2D eigenvalue weighted by molar-refractivity contribution is 6.33. The number of carbonyl (C=O) groups is 3. The predicted molar refractivity (Wildman–Crippen MR) is 166 cm³/mol. The van der Waals surface area contributed by atoms with Crippen molar-refractivity contribution in [2.45, 2.75) is 20.4 Å². The Labute approximate surface area is 248 Å². The van der Waals surface area contributed by atoms with Gasteiger partial charge in [-0.2, -0.15) is 0 Å². The van der Waals surface area contributed by atoms with E-state index in [-0.39, 0.29) is 11.3 Å². The molecule has 10 heteroatoms. The van der Waals surface area contributed by atoms with E-state index in [0.29, 0.717) is 34.5 Å². The molecule has 0 spiro atoms. The van der Waals surface area contributed by atoms with Crippen LogP contribution in [-0.2, 0) is 16.1 Å². The molecule has 1 fully saturated rings. The maximum atomic E-state index is 12.8. The summed E-state index contributed by atoms with van der Waals surface area (Å²) in [5.41, 5.74) is 5.75. The molecular weight excluding hydrogens is 544 g/mol. The van der Waals surface area contributed by atoms with Gasteiger partial charge in [0.15, 0.2) is 0 Å². The van der Waals surface area contributed by atoms with Crippen LogP contribution >= 0.6 is 0 Å². The van der Waals surface area contributed by atoms with Crippen LogP contribution in [0.1, 0.15) is 23.6 Å². The zero-order valence-corrected chi connectivity index (χ0v) is 24.0. The molecule has 1 aliphatic rings. The molecule has 4 aromatic rings. The van der Waals surface area contributed by atoms with Gasteiger partial charge >= 0.3 is 6.03 Å². The van der Waals surface area contributed by atoms with Gasteiger partial charge in [-0.3, -0.25) is 20.2 Å². The second-order valence-corrected chi connectivity index (χ2v) is 10.0. The molecule has 0 unspecified atom stereocenters. The summed E-state index contributed by atoms with van der Waals surface area (Å²) in [6, 6.07) is 17.7. The van der Waals surface area contributed by atoms with Gasteiger partial charge in [0.05, 0.1) is 0 Å². The molecular formula is C33H30N6O4. The maximum Gasteiger partial charge on any atom is 0.328 e. The highest BCUT2D eigenvalue weighted by atomic mass is 16.3. The third kappa shape index (κ3) is 5.84. The smallest absolute Gasteiger partial charge is 0.328 e. The Morgan fingerprint density at radius 1 is 1.00 bits per heavy atom. The third-order valence-corrected chi connectivity index (χ3v) is 6.91. The van der Waals surface area contributed by atoms with E-state index in [4.69, 9.17) is 0 Å². The molecule has 0 bridgehead atoms. The average molecular weight is 575 g/mol. The van der Waals surface area contributed by atoms with Gasteiger partial charge in [0.2, 0.25) is 0 Å². The van der Waals surface area contributed by atoms with Crippen LogP contribution in [0.2, 0.25) is 0 Å². The highest BCUT2D eigenvalue weighted by Crippen LogP contribution is 2.33. The lowest BCUT2D eigenvalue weighted by Gasteiger charge is -2.23. The molecule has 43 heavy (non-hydrogen) atoms. The Kier molecular flexibility index (Phi) is 8.02. The molecule has 216 valence electrons. The van der Waals surface area contributed by atoms with E-state index in [1.165, 1.54) is 4.80 Å². The lowest BCUT2D eigenvalue weighted by Crippen LogP contribution is -2.51. The summed E-state index contributed by atoms with van der Waals surface area (Å²) >= 11 is 0. The number of carbonyl (C=O) groups excluding carboxylic acids is 3. The number of allylic oxidation sites excluding steroid dienone is 6. The molecule has 1 aliphatic heterocycles. The summed E-state index contributed by atoms with van der Waals surface area (Å²) in [6.45, 7) is 7.90. The first-order valence-corrected chi connectivity index (χ1v) is 13.5. The average Bonchev–Trinajstić information content (AvgIpc) is 3.41. The summed E-state index contributed by atoms with van der Waals surface area (Å²) in [5.74, 6) is -1.49. The summed E-state index contributed by atoms with van der Waals surface area (Å²) in [5, 5.41) is 24.6. The second-order valence-electron chi connectivity index (χ2n) is 10.0. The molecule has 5 rings (SSSR count). The number of nitrogens with zero attached hydrogens (tertiary/aromatic N) is 4. The number of amides is 4. The summed E-state index contributed by atoms with van der Waals surface area (Å²) in [7, 11) is 1.90. The molecule has 0 atom stereocenters. The van der Waals surface area contributed by atoms with Crippen LogP contribution in [0.15, 0.2) is 103 Å². The molecule has 0 saturated carbocycles. The lowest BCUT2D eigenvalue weighted by molar-refractivity contribution is -0.123. The van der Waals surface area contributed by atoms with Crippen LogP contribution in [0, 0.1) is 6.92 Å². The van der Waals surface area contributed by atoms with Gasteiger partial charge in [-0.05, 0) is 60.9 Å². The minimum atomic E-state index is -0.866. The molecule has 1 saturated heterocycles. The van der Waals surface area contributed by atoms with Crippen molar-refractivity contribution < 1.29 is 19.5 Å². The minimum Gasteiger partial charge on any atom is -0.505 e. The van der Waals surface area contributed by atoms with E-state index in [9.17, 15) is 19.5 Å². The topological polar surface area (TPSA) is 129 Å². The minimum absolute atomic E-state index is 0.0795. The van der Waals surface area contributed by atoms with Crippen LogP contribution in [-0.4, -0.2) is 45.0 Å². The number of barbiturate groups is 1. The first-order valence-electron chi connectivity index (χ1n) is 13.5. The van der Waals surface area contributed by atoms with Gasteiger partial charge in [0, 0.05) is 30.4 Å². The number of hydrogen-bond donors (Lipinski definition) is 3. The molecule has 3 aromatic carbocycles. The van der Waals surface area contributed by atoms with E-state index in [0.717, 1.165) is 22.3 Å². The first kappa shape index (κ1) is 28.7. The number of aromatic hydroxyl groups is 1. The monoisotopic (exact) mass is 574 g/mol. The van der Waals surface area contributed by atoms with Crippen molar-refractivity contribution in [3.8, 4) is 11.4 Å². The third-order valence-electron chi connectivity index (χ3n) is 6.91. The number of urea groups is 1. The normalized spacial score (nSPS) is 13.8. The van der Waals surface area contributed by atoms with Crippen molar-refractivity contribution in [1.29, 1.82) is 0 Å². The van der Waals surface area contributed by atoms with E-state index >= 15 is 0 Å². The lowest BCUT2D eigenvalue weighted by atomic mass is 9.90. The SMILES string of the molecule is C=C/C=C(\C=C/C)C(=C1C(=O)NC(=O)NC1=O)c1ccc(N(C)Cc2cc(C)cc(-n3nc4ccccc4n3)c2O)cc1. The van der Waals surface area contributed by atoms with Crippen LogP contribution in [0.5, 0.6) is 5.75 Å². The molecule has 3 N–H and O–H groups in total. The number of imide groups is 2. The summed E-state index contributed by atoms with van der Waals surface area (Å²) in [4.78, 5) is 40.7. The van der Waals surface area contributed by atoms with E-state index in [2.05, 4.69) is 27.4 Å². The molecule has 0 radical (unpaired) electrons. The van der Waals surface area contributed by atoms with Gasteiger partial charge in [-0.25, -0.2) is 4.79 Å². The second kappa shape index (κ2) is 12.0. The number of benzene rings is 3. The number of aryl methyl sites for hydroxylation is 1. The van der Waals surface area contributed by atoms with Crippen LogP contribution in [0.25, 0.3) is 22.3 Å². The van der Waals surface area contributed by atoms with Crippen LogP contribution in [0.4, 0.5) is 10.5 Å². The zero-order chi connectivity index (χ0) is 30.7. The fourth-order valence-corrected chi connectivity index (χ4v) is 4.98. The van der Waals surface area contributed by atoms with E-state index in [1.54, 1.807) is 36.4 Å².